The average molecular weight is 761 g/mol. The fourth-order valence-corrected chi connectivity index (χ4v) is 8.18. The monoisotopic (exact) mass is 760 g/mol. The van der Waals surface area contributed by atoms with Crippen LogP contribution in [0.4, 0.5) is 11.4 Å². The van der Waals surface area contributed by atoms with Gasteiger partial charge in [0.25, 0.3) is 11.8 Å². The lowest BCUT2D eigenvalue weighted by atomic mass is 10.0. The van der Waals surface area contributed by atoms with Crippen LogP contribution in [0.2, 0.25) is 0 Å². The number of carbonyl (C=O) groups excluding carboxylic acids is 4. The minimum atomic E-state index is -0.174. The average Bonchev–Trinajstić information content (AvgIpc) is 4.08. The molecule has 0 radical (unpaired) electrons. The van der Waals surface area contributed by atoms with Gasteiger partial charge in [-0.15, -0.1) is 0 Å². The molecule has 12 heteroatoms. The lowest BCUT2D eigenvalue weighted by Crippen LogP contribution is -2.37. The third-order valence-corrected chi connectivity index (χ3v) is 11.1. The van der Waals surface area contributed by atoms with Crippen molar-refractivity contribution in [1.82, 2.24) is 19.8 Å². The summed E-state index contributed by atoms with van der Waals surface area (Å²) in [5, 5.41) is 7.75. The van der Waals surface area contributed by atoms with Crippen molar-refractivity contribution >= 4 is 56.9 Å². The molecule has 0 unspecified atom stereocenters. The zero-order valence-electron chi connectivity index (χ0n) is 31.1. The number of nitrogens with zero attached hydrogens (tertiary/aromatic N) is 3. The van der Waals surface area contributed by atoms with Crippen LogP contribution >= 0.6 is 0 Å². The van der Waals surface area contributed by atoms with E-state index in [1.54, 1.807) is 43.1 Å². The van der Waals surface area contributed by atoms with E-state index >= 15 is 0 Å². The summed E-state index contributed by atoms with van der Waals surface area (Å²) in [5.74, 6) is -0.449. The molecular formula is C45H40N6O6. The Morgan fingerprint density at radius 3 is 1.63 bits per heavy atom. The molecule has 2 atom stereocenters. The standard InChI is InChI=1S/C45H40N6O6/c52-40(25-36-3-1-19-50(36)44(54)32-9-15-38-30(23-32)17-21-56-38)48-34-11-5-28(6-12-34)42-43(47-27-46-42)29-7-13-35(14-8-29)49-41(53)26-37-4-2-20-51(37)45(55)33-10-16-39-31(24-33)18-22-57-39/h5-18,21-24,27,36-37H,1-4,19-20,25-26H2,(H,46,47)(H,48,52)(H,49,53)/t36-,37-/m0/s1. The smallest absolute Gasteiger partial charge is 0.254 e. The molecule has 12 nitrogen and oxygen atoms in total. The van der Waals surface area contributed by atoms with Gasteiger partial charge in [0, 0.05) is 82.4 Å². The Morgan fingerprint density at radius 2 is 1.12 bits per heavy atom. The number of rotatable bonds is 10. The zero-order chi connectivity index (χ0) is 38.9. The molecule has 4 aromatic carbocycles. The fourth-order valence-electron chi connectivity index (χ4n) is 8.18. The molecule has 0 aliphatic carbocycles. The summed E-state index contributed by atoms with van der Waals surface area (Å²) in [7, 11) is 0. The summed E-state index contributed by atoms with van der Waals surface area (Å²) < 4.78 is 10.8. The Labute approximate surface area is 327 Å². The normalized spacial score (nSPS) is 16.7. The molecule has 57 heavy (non-hydrogen) atoms. The van der Waals surface area contributed by atoms with Crippen LogP contribution in [-0.2, 0) is 9.59 Å². The van der Waals surface area contributed by atoms with Crippen molar-refractivity contribution in [2.75, 3.05) is 23.7 Å². The summed E-state index contributed by atoms with van der Waals surface area (Å²) in [6, 6.07) is 29.2. The number of fused-ring (bicyclic) bond motifs is 2. The summed E-state index contributed by atoms with van der Waals surface area (Å²) >= 11 is 0. The number of amides is 4. The SMILES string of the molecule is O=C(C[C@@H]1CCCN1C(=O)c1ccc2occc2c1)Nc1ccc(-c2nc[nH]c2-c2ccc(NC(=O)C[C@@H]3CCCN3C(=O)c3ccc4occc4c3)cc2)cc1. The number of hydrogen-bond acceptors (Lipinski definition) is 7. The van der Waals surface area contributed by atoms with E-state index in [2.05, 4.69) is 20.6 Å². The van der Waals surface area contributed by atoms with Crippen LogP contribution < -0.4 is 10.6 Å². The van der Waals surface area contributed by atoms with Crippen LogP contribution in [0, 0.1) is 0 Å². The van der Waals surface area contributed by atoms with Crippen LogP contribution in [0.3, 0.4) is 0 Å². The van der Waals surface area contributed by atoms with Gasteiger partial charge in [-0.25, -0.2) is 4.98 Å². The largest absolute Gasteiger partial charge is 0.464 e. The highest BCUT2D eigenvalue weighted by Crippen LogP contribution is 2.32. The third kappa shape index (κ3) is 7.41. The van der Waals surface area contributed by atoms with Gasteiger partial charge in [-0.2, -0.15) is 0 Å². The summed E-state index contributed by atoms with van der Waals surface area (Å²) in [6.07, 6.45) is 8.53. The molecule has 3 N–H and O–H groups in total. The highest BCUT2D eigenvalue weighted by molar-refractivity contribution is 6.00. The molecule has 4 amide bonds. The van der Waals surface area contributed by atoms with Crippen molar-refractivity contribution in [3.8, 4) is 22.5 Å². The topological polar surface area (TPSA) is 154 Å². The molecule has 3 aromatic heterocycles. The molecule has 2 aliphatic rings. The van der Waals surface area contributed by atoms with Crippen molar-refractivity contribution in [2.45, 2.75) is 50.6 Å². The summed E-state index contributed by atoms with van der Waals surface area (Å²) in [4.78, 5) is 64.5. The van der Waals surface area contributed by atoms with Crippen LogP contribution in [0.25, 0.3) is 44.5 Å². The summed E-state index contributed by atoms with van der Waals surface area (Å²) in [6.45, 7) is 1.24. The van der Waals surface area contributed by atoms with Gasteiger partial charge >= 0.3 is 0 Å². The molecule has 9 rings (SSSR count). The fraction of sp³-hybridized carbons (Fsp3) is 0.222. The van der Waals surface area contributed by atoms with E-state index in [0.717, 1.165) is 70.1 Å². The molecule has 7 aromatic rings. The van der Waals surface area contributed by atoms with Gasteiger partial charge in [-0.05, 0) is 98.5 Å². The van der Waals surface area contributed by atoms with Crippen molar-refractivity contribution in [3.05, 3.63) is 127 Å². The maximum atomic E-state index is 13.4. The van der Waals surface area contributed by atoms with E-state index in [0.29, 0.717) is 35.6 Å². The van der Waals surface area contributed by atoms with Gasteiger partial charge in [0.05, 0.1) is 30.2 Å². The van der Waals surface area contributed by atoms with Gasteiger partial charge in [0.1, 0.15) is 11.2 Å². The number of aromatic nitrogens is 2. The molecular weight excluding hydrogens is 721 g/mol. The van der Waals surface area contributed by atoms with Crippen LogP contribution in [0.1, 0.15) is 59.2 Å². The molecule has 0 saturated carbocycles. The lowest BCUT2D eigenvalue weighted by Gasteiger charge is -2.24. The lowest BCUT2D eigenvalue weighted by molar-refractivity contribution is -0.117. The van der Waals surface area contributed by atoms with Gasteiger partial charge in [-0.1, -0.05) is 24.3 Å². The van der Waals surface area contributed by atoms with Gasteiger partial charge in [0.2, 0.25) is 11.8 Å². The van der Waals surface area contributed by atoms with E-state index in [9.17, 15) is 19.2 Å². The Kier molecular flexibility index (Phi) is 9.59. The molecule has 0 spiro atoms. The Balaban J connectivity index is 0.790. The third-order valence-electron chi connectivity index (χ3n) is 11.1. The number of imidazole rings is 1. The number of nitrogens with one attached hydrogen (secondary N) is 3. The second-order valence-electron chi connectivity index (χ2n) is 14.7. The number of carbonyl (C=O) groups is 4. The number of hydrogen-bond donors (Lipinski definition) is 3. The quantitative estimate of drug-likeness (QED) is 0.126. The highest BCUT2D eigenvalue weighted by Gasteiger charge is 2.32. The van der Waals surface area contributed by atoms with Gasteiger partial charge < -0.3 is 34.3 Å². The first kappa shape index (κ1) is 35.7. The minimum absolute atomic E-state index is 0.0749. The first-order valence-corrected chi connectivity index (χ1v) is 19.3. The van der Waals surface area contributed by atoms with Gasteiger partial charge in [-0.3, -0.25) is 19.2 Å². The maximum Gasteiger partial charge on any atom is 0.254 e. The van der Waals surface area contributed by atoms with Crippen LogP contribution in [0.15, 0.2) is 125 Å². The molecule has 2 aliphatic heterocycles. The highest BCUT2D eigenvalue weighted by atomic mass is 16.3. The van der Waals surface area contributed by atoms with E-state index in [-0.39, 0.29) is 48.6 Å². The molecule has 2 fully saturated rings. The van der Waals surface area contributed by atoms with Crippen molar-refractivity contribution in [3.63, 3.8) is 0 Å². The van der Waals surface area contributed by atoms with Crippen LogP contribution in [-0.4, -0.2) is 68.6 Å². The van der Waals surface area contributed by atoms with E-state index in [1.807, 2.05) is 82.6 Å². The second-order valence-corrected chi connectivity index (χ2v) is 14.7. The number of H-pyrrole nitrogens is 1. The van der Waals surface area contributed by atoms with Crippen LogP contribution in [0.5, 0.6) is 0 Å². The predicted octanol–water partition coefficient (Wildman–Crippen LogP) is 8.50. The first-order valence-electron chi connectivity index (χ1n) is 19.3. The second kappa shape index (κ2) is 15.3. The minimum Gasteiger partial charge on any atom is -0.464 e. The van der Waals surface area contributed by atoms with Crippen molar-refractivity contribution in [1.29, 1.82) is 0 Å². The molecule has 0 bridgehead atoms. The molecule has 286 valence electrons. The number of benzene rings is 4. The zero-order valence-corrected chi connectivity index (χ0v) is 31.1. The van der Waals surface area contributed by atoms with E-state index < -0.39 is 0 Å². The summed E-state index contributed by atoms with van der Waals surface area (Å²) in [5.41, 5.74) is 7.27. The van der Waals surface area contributed by atoms with Crippen molar-refractivity contribution in [2.24, 2.45) is 0 Å². The Hall–Kier alpha value is -6.95. The Morgan fingerprint density at radius 1 is 0.632 bits per heavy atom. The van der Waals surface area contributed by atoms with Gasteiger partial charge in [0.15, 0.2) is 0 Å². The number of furan rings is 2. The number of likely N-dealkylation sites (tertiary alicyclic amines) is 2. The molecule has 5 heterocycles. The van der Waals surface area contributed by atoms with E-state index in [1.165, 1.54) is 0 Å². The number of aromatic amines is 1. The molecule has 2 saturated heterocycles. The maximum absolute atomic E-state index is 13.4. The van der Waals surface area contributed by atoms with Crippen molar-refractivity contribution < 1.29 is 28.0 Å². The predicted molar refractivity (Wildman–Crippen MR) is 216 cm³/mol. The Bertz CT molecular complexity index is 2430. The van der Waals surface area contributed by atoms with E-state index in [4.69, 9.17) is 8.83 Å². The number of anilines is 2. The first-order chi connectivity index (χ1) is 27.9.